The Balaban J connectivity index is 2.62. The number of halogens is 2. The first-order valence-electron chi connectivity index (χ1n) is 6.65. The largest absolute Gasteiger partial charge is 0.492 e. The third-order valence-electron chi connectivity index (χ3n) is 2.63. The van der Waals surface area contributed by atoms with Crippen LogP contribution < -0.4 is 15.4 Å². The zero-order valence-corrected chi connectivity index (χ0v) is 14.7. The Morgan fingerprint density at radius 1 is 1.21 bits per heavy atom. The topological polar surface area (TPSA) is 33.3 Å². The van der Waals surface area contributed by atoms with Crippen LogP contribution in [0.2, 0.25) is 0 Å². The zero-order valence-electron chi connectivity index (χ0n) is 11.6. The van der Waals surface area contributed by atoms with Gasteiger partial charge in [-0.3, -0.25) is 0 Å². The van der Waals surface area contributed by atoms with Gasteiger partial charge in [-0.05, 0) is 61.0 Å². The molecule has 5 heteroatoms. The number of hydrogen-bond acceptors (Lipinski definition) is 3. The Morgan fingerprint density at radius 2 is 2.00 bits per heavy atom. The van der Waals surface area contributed by atoms with Gasteiger partial charge in [-0.2, -0.15) is 0 Å². The van der Waals surface area contributed by atoms with Gasteiger partial charge in [0.2, 0.25) is 0 Å². The Morgan fingerprint density at radius 3 is 2.68 bits per heavy atom. The van der Waals surface area contributed by atoms with E-state index in [0.29, 0.717) is 0 Å². The Hall–Kier alpha value is -0.100. The van der Waals surface area contributed by atoms with Crippen LogP contribution in [0.5, 0.6) is 5.75 Å². The molecular formula is C14H22Br2N2O. The molecule has 1 aromatic rings. The molecule has 0 atom stereocenters. The third-order valence-corrected chi connectivity index (χ3v) is 3.68. The average Bonchev–Trinajstić information content (AvgIpc) is 2.37. The summed E-state index contributed by atoms with van der Waals surface area (Å²) in [6.07, 6.45) is 2.13. The first-order chi connectivity index (χ1) is 9.19. The maximum absolute atomic E-state index is 5.83. The van der Waals surface area contributed by atoms with Crippen molar-refractivity contribution in [2.75, 3.05) is 26.7 Å². The smallest absolute Gasteiger partial charge is 0.138 e. The van der Waals surface area contributed by atoms with Crippen LogP contribution in [0.1, 0.15) is 25.3 Å². The number of rotatable bonds is 9. The van der Waals surface area contributed by atoms with Crippen LogP contribution in [0.4, 0.5) is 0 Å². The Bertz CT molecular complexity index is 386. The molecule has 0 aliphatic heterocycles. The second-order valence-electron chi connectivity index (χ2n) is 4.36. The van der Waals surface area contributed by atoms with Crippen LogP contribution in [-0.4, -0.2) is 26.7 Å². The van der Waals surface area contributed by atoms with Gasteiger partial charge in [0.25, 0.3) is 0 Å². The molecule has 0 spiro atoms. The van der Waals surface area contributed by atoms with Gasteiger partial charge in [-0.15, -0.1) is 0 Å². The molecule has 0 saturated heterocycles. The molecule has 0 aliphatic carbocycles. The minimum atomic E-state index is 0.743. The summed E-state index contributed by atoms with van der Waals surface area (Å²) in [6.45, 7) is 5.71. The van der Waals surface area contributed by atoms with Gasteiger partial charge in [0.05, 0.1) is 11.1 Å². The number of benzene rings is 1. The van der Waals surface area contributed by atoms with Gasteiger partial charge >= 0.3 is 0 Å². The van der Waals surface area contributed by atoms with E-state index < -0.39 is 0 Å². The summed E-state index contributed by atoms with van der Waals surface area (Å²) in [5, 5.41) is 6.59. The fourth-order valence-corrected chi connectivity index (χ4v) is 3.15. The van der Waals surface area contributed by atoms with E-state index >= 15 is 0 Å². The van der Waals surface area contributed by atoms with E-state index in [0.717, 1.165) is 53.8 Å². The van der Waals surface area contributed by atoms with E-state index in [9.17, 15) is 0 Å². The van der Waals surface area contributed by atoms with Crippen molar-refractivity contribution in [3.05, 3.63) is 26.6 Å². The van der Waals surface area contributed by atoms with Gasteiger partial charge in [-0.25, -0.2) is 0 Å². The minimum absolute atomic E-state index is 0.743. The first kappa shape index (κ1) is 17.0. The molecule has 0 amide bonds. The summed E-state index contributed by atoms with van der Waals surface area (Å²) in [4.78, 5) is 0. The molecule has 0 aliphatic rings. The van der Waals surface area contributed by atoms with Gasteiger partial charge in [0.15, 0.2) is 0 Å². The van der Waals surface area contributed by atoms with Crippen molar-refractivity contribution in [3.8, 4) is 5.75 Å². The van der Waals surface area contributed by atoms with Crippen molar-refractivity contribution in [3.63, 3.8) is 0 Å². The summed E-state index contributed by atoms with van der Waals surface area (Å²) in [5.74, 6) is 0.950. The molecule has 0 heterocycles. The second kappa shape index (κ2) is 9.75. The van der Waals surface area contributed by atoms with E-state index in [4.69, 9.17) is 4.74 Å². The van der Waals surface area contributed by atoms with Crippen LogP contribution >= 0.6 is 31.9 Å². The van der Waals surface area contributed by atoms with Gasteiger partial charge < -0.3 is 15.4 Å². The predicted molar refractivity (Wildman–Crippen MR) is 87.9 cm³/mol. The van der Waals surface area contributed by atoms with Gasteiger partial charge in [0.1, 0.15) is 5.75 Å². The Labute approximate surface area is 132 Å². The fourth-order valence-electron chi connectivity index (χ4n) is 1.72. The quantitative estimate of drug-likeness (QED) is 0.627. The lowest BCUT2D eigenvalue weighted by atomic mass is 10.2. The molecule has 0 aromatic heterocycles. The molecule has 0 radical (unpaired) electrons. The normalized spacial score (nSPS) is 10.7. The number of nitrogens with one attached hydrogen (secondary N) is 2. The van der Waals surface area contributed by atoms with Gasteiger partial charge in [0, 0.05) is 16.6 Å². The summed E-state index contributed by atoms with van der Waals surface area (Å²) < 4.78 is 7.90. The summed E-state index contributed by atoms with van der Waals surface area (Å²) in [7, 11) is 1.97. The second-order valence-corrected chi connectivity index (χ2v) is 6.13. The van der Waals surface area contributed by atoms with Crippen molar-refractivity contribution in [1.82, 2.24) is 10.6 Å². The van der Waals surface area contributed by atoms with Gasteiger partial charge in [-0.1, -0.05) is 22.9 Å². The van der Waals surface area contributed by atoms with E-state index in [1.165, 1.54) is 5.56 Å². The van der Waals surface area contributed by atoms with Crippen molar-refractivity contribution in [2.45, 2.75) is 26.3 Å². The predicted octanol–water partition coefficient (Wildman–Crippen LogP) is 3.70. The molecule has 19 heavy (non-hydrogen) atoms. The molecule has 0 fully saturated rings. The highest BCUT2D eigenvalue weighted by Gasteiger charge is 2.09. The fraction of sp³-hybridized carbons (Fsp3) is 0.571. The van der Waals surface area contributed by atoms with E-state index in [1.54, 1.807) is 0 Å². The number of hydrogen-bond donors (Lipinski definition) is 2. The number of ether oxygens (including phenoxy) is 1. The molecule has 2 N–H and O–H groups in total. The highest BCUT2D eigenvalue weighted by atomic mass is 79.9. The lowest BCUT2D eigenvalue weighted by Gasteiger charge is -2.14. The minimum Gasteiger partial charge on any atom is -0.492 e. The molecular weight excluding hydrogens is 372 g/mol. The van der Waals surface area contributed by atoms with E-state index in [-0.39, 0.29) is 0 Å². The monoisotopic (exact) mass is 392 g/mol. The maximum Gasteiger partial charge on any atom is 0.138 e. The molecule has 0 bridgehead atoms. The molecule has 1 rings (SSSR count). The van der Waals surface area contributed by atoms with Crippen molar-refractivity contribution >= 4 is 31.9 Å². The summed E-state index contributed by atoms with van der Waals surface area (Å²) >= 11 is 7.10. The summed E-state index contributed by atoms with van der Waals surface area (Å²) in [6, 6.07) is 4.14. The van der Waals surface area contributed by atoms with Crippen LogP contribution in [0.25, 0.3) is 0 Å². The molecule has 3 nitrogen and oxygen atoms in total. The van der Waals surface area contributed by atoms with E-state index in [1.807, 2.05) is 13.1 Å². The Kier molecular flexibility index (Phi) is 8.70. The lowest BCUT2D eigenvalue weighted by molar-refractivity contribution is 0.311. The zero-order chi connectivity index (χ0) is 14.1. The van der Waals surface area contributed by atoms with Crippen LogP contribution in [0.3, 0.4) is 0 Å². The third kappa shape index (κ3) is 6.25. The highest BCUT2D eigenvalue weighted by molar-refractivity contribution is 9.11. The standard InChI is InChI=1S/C14H22Br2N2O/c1-3-7-19-14-11(8-12(15)9-13(14)16)10-18-6-4-5-17-2/h8-9,17-18H,3-7,10H2,1-2H3. The van der Waals surface area contributed by atoms with Crippen molar-refractivity contribution < 1.29 is 4.74 Å². The summed E-state index contributed by atoms with van der Waals surface area (Å²) in [5.41, 5.74) is 1.18. The van der Waals surface area contributed by atoms with Crippen LogP contribution in [-0.2, 0) is 6.54 Å². The SMILES string of the molecule is CCCOc1c(Br)cc(Br)cc1CNCCCNC. The van der Waals surface area contributed by atoms with E-state index in [2.05, 4.69) is 55.5 Å². The van der Waals surface area contributed by atoms with Crippen molar-refractivity contribution in [2.24, 2.45) is 0 Å². The van der Waals surface area contributed by atoms with Crippen molar-refractivity contribution in [1.29, 1.82) is 0 Å². The molecule has 1 aromatic carbocycles. The van der Waals surface area contributed by atoms with Crippen LogP contribution in [0, 0.1) is 0 Å². The molecule has 0 unspecified atom stereocenters. The molecule has 0 saturated carbocycles. The maximum atomic E-state index is 5.83. The average molecular weight is 394 g/mol. The van der Waals surface area contributed by atoms with Crippen LogP contribution in [0.15, 0.2) is 21.1 Å². The lowest BCUT2D eigenvalue weighted by Crippen LogP contribution is -2.20. The molecule has 108 valence electrons. The first-order valence-corrected chi connectivity index (χ1v) is 8.23. The highest BCUT2D eigenvalue weighted by Crippen LogP contribution is 2.33.